The van der Waals surface area contributed by atoms with Gasteiger partial charge in [-0.05, 0) is 36.2 Å². The van der Waals surface area contributed by atoms with E-state index in [9.17, 15) is 13.6 Å². The Hall–Kier alpha value is -2.34. The number of fused-ring (bicyclic) bond motifs is 1. The van der Waals surface area contributed by atoms with E-state index in [0.717, 1.165) is 34.3 Å². The van der Waals surface area contributed by atoms with E-state index in [2.05, 4.69) is 10.3 Å². The number of carbonyl (C=O) groups is 1. The van der Waals surface area contributed by atoms with Crippen molar-refractivity contribution in [2.45, 2.75) is 13.3 Å². The second kappa shape index (κ2) is 5.81. The summed E-state index contributed by atoms with van der Waals surface area (Å²) in [5, 5.41) is 3.06. The van der Waals surface area contributed by atoms with Crippen LogP contribution in [0.15, 0.2) is 36.4 Å². The van der Waals surface area contributed by atoms with Gasteiger partial charge in [-0.2, -0.15) is 0 Å². The number of thiazole rings is 1. The third-order valence-electron chi connectivity index (χ3n) is 3.29. The number of para-hydroxylation sites is 1. The van der Waals surface area contributed by atoms with Crippen molar-refractivity contribution in [3.8, 4) is 0 Å². The predicted octanol–water partition coefficient (Wildman–Crippen LogP) is 4.39. The summed E-state index contributed by atoms with van der Waals surface area (Å²) >= 11 is 1.35. The Morgan fingerprint density at radius 2 is 2.05 bits per heavy atom. The molecule has 3 rings (SSSR count). The van der Waals surface area contributed by atoms with Crippen LogP contribution in [-0.4, -0.2) is 10.9 Å². The Morgan fingerprint density at radius 3 is 2.77 bits per heavy atom. The zero-order chi connectivity index (χ0) is 15.7. The summed E-state index contributed by atoms with van der Waals surface area (Å²) in [6.45, 7) is 2.04. The minimum atomic E-state index is -1.05. The summed E-state index contributed by atoms with van der Waals surface area (Å²) in [6.07, 6.45) is 0.845. The standard InChI is InChI=1S/C16H12F2N2OS/c1-2-9-4-3-5-13-14(9)19-16(22-13)20-15(21)10-6-7-11(17)12(18)8-10/h3-8H,2H2,1H3,(H,19,20,21). The highest BCUT2D eigenvalue weighted by Gasteiger charge is 2.13. The molecule has 6 heteroatoms. The first-order valence-electron chi connectivity index (χ1n) is 6.73. The van der Waals surface area contributed by atoms with Crippen LogP contribution in [0.2, 0.25) is 0 Å². The number of hydrogen-bond acceptors (Lipinski definition) is 3. The van der Waals surface area contributed by atoms with E-state index in [1.165, 1.54) is 17.4 Å². The van der Waals surface area contributed by atoms with Crippen LogP contribution in [-0.2, 0) is 6.42 Å². The van der Waals surface area contributed by atoms with Crippen molar-refractivity contribution in [2.24, 2.45) is 0 Å². The van der Waals surface area contributed by atoms with Crippen LogP contribution in [0.25, 0.3) is 10.2 Å². The average Bonchev–Trinajstić information content (AvgIpc) is 2.92. The van der Waals surface area contributed by atoms with Gasteiger partial charge in [0.2, 0.25) is 0 Å². The monoisotopic (exact) mass is 318 g/mol. The number of anilines is 1. The molecule has 1 N–H and O–H groups in total. The molecule has 2 aromatic carbocycles. The maximum atomic E-state index is 13.2. The molecule has 1 aromatic heterocycles. The number of aryl methyl sites for hydroxylation is 1. The number of carbonyl (C=O) groups excluding carboxylic acids is 1. The number of aromatic nitrogens is 1. The van der Waals surface area contributed by atoms with Gasteiger partial charge in [0.25, 0.3) is 5.91 Å². The molecule has 0 aliphatic carbocycles. The van der Waals surface area contributed by atoms with Crippen LogP contribution in [0.4, 0.5) is 13.9 Å². The number of nitrogens with zero attached hydrogens (tertiary/aromatic N) is 1. The van der Waals surface area contributed by atoms with Gasteiger partial charge in [-0.15, -0.1) is 0 Å². The van der Waals surface area contributed by atoms with Crippen LogP contribution in [0.3, 0.4) is 0 Å². The van der Waals surface area contributed by atoms with E-state index >= 15 is 0 Å². The highest BCUT2D eigenvalue weighted by atomic mass is 32.1. The van der Waals surface area contributed by atoms with E-state index in [-0.39, 0.29) is 5.56 Å². The third-order valence-corrected chi connectivity index (χ3v) is 4.22. The Kier molecular flexibility index (Phi) is 3.85. The summed E-state index contributed by atoms with van der Waals surface area (Å²) < 4.78 is 27.0. The summed E-state index contributed by atoms with van der Waals surface area (Å²) in [4.78, 5) is 16.5. The fourth-order valence-corrected chi connectivity index (χ4v) is 3.06. The quantitative estimate of drug-likeness (QED) is 0.778. The van der Waals surface area contributed by atoms with Crippen molar-refractivity contribution in [3.63, 3.8) is 0 Å². The molecule has 0 saturated carbocycles. The highest BCUT2D eigenvalue weighted by molar-refractivity contribution is 7.22. The molecule has 0 aliphatic heterocycles. The molecule has 3 aromatic rings. The van der Waals surface area contributed by atoms with Crippen LogP contribution in [0.5, 0.6) is 0 Å². The van der Waals surface area contributed by atoms with Gasteiger partial charge in [-0.1, -0.05) is 30.4 Å². The summed E-state index contributed by atoms with van der Waals surface area (Å²) in [6, 6.07) is 8.90. The number of nitrogens with one attached hydrogen (secondary N) is 1. The first kappa shape index (κ1) is 14.6. The van der Waals surface area contributed by atoms with Crippen LogP contribution < -0.4 is 5.32 Å². The molecular formula is C16H12F2N2OS. The molecular weight excluding hydrogens is 306 g/mol. The zero-order valence-electron chi connectivity index (χ0n) is 11.7. The Balaban J connectivity index is 1.89. The Bertz CT molecular complexity index is 860. The molecule has 0 fully saturated rings. The maximum absolute atomic E-state index is 13.2. The van der Waals surface area contributed by atoms with Crippen molar-refractivity contribution in [1.82, 2.24) is 4.98 Å². The Labute approximate surface area is 129 Å². The average molecular weight is 318 g/mol. The summed E-state index contributed by atoms with van der Waals surface area (Å²) in [5.74, 6) is -2.55. The number of amides is 1. The molecule has 0 radical (unpaired) electrons. The van der Waals surface area contributed by atoms with Crippen molar-refractivity contribution >= 4 is 32.6 Å². The molecule has 0 saturated heterocycles. The van der Waals surface area contributed by atoms with Gasteiger partial charge < -0.3 is 0 Å². The second-order valence-electron chi connectivity index (χ2n) is 4.72. The lowest BCUT2D eigenvalue weighted by atomic mass is 10.1. The molecule has 22 heavy (non-hydrogen) atoms. The van der Waals surface area contributed by atoms with Gasteiger partial charge in [0.15, 0.2) is 16.8 Å². The smallest absolute Gasteiger partial charge is 0.257 e. The minimum Gasteiger partial charge on any atom is -0.298 e. The van der Waals surface area contributed by atoms with E-state index in [0.29, 0.717) is 5.13 Å². The number of rotatable bonds is 3. The van der Waals surface area contributed by atoms with Gasteiger partial charge in [-0.25, -0.2) is 13.8 Å². The molecule has 0 bridgehead atoms. The van der Waals surface area contributed by atoms with Gasteiger partial charge >= 0.3 is 0 Å². The number of benzene rings is 2. The van der Waals surface area contributed by atoms with Crippen molar-refractivity contribution in [3.05, 3.63) is 59.2 Å². The molecule has 0 unspecified atom stereocenters. The topological polar surface area (TPSA) is 42.0 Å². The SMILES string of the molecule is CCc1cccc2sc(NC(=O)c3ccc(F)c(F)c3)nc12. The first-order valence-corrected chi connectivity index (χ1v) is 7.55. The molecule has 0 spiro atoms. The number of hydrogen-bond donors (Lipinski definition) is 1. The normalized spacial score (nSPS) is 10.9. The summed E-state index contributed by atoms with van der Waals surface area (Å²) in [5.41, 5.74) is 2.01. The van der Waals surface area contributed by atoms with Gasteiger partial charge in [0, 0.05) is 5.56 Å². The molecule has 1 amide bonds. The summed E-state index contributed by atoms with van der Waals surface area (Å²) in [7, 11) is 0. The van der Waals surface area contributed by atoms with Crippen LogP contribution in [0.1, 0.15) is 22.8 Å². The molecule has 0 aliphatic rings. The molecule has 1 heterocycles. The lowest BCUT2D eigenvalue weighted by molar-refractivity contribution is 0.102. The van der Waals surface area contributed by atoms with Crippen molar-refractivity contribution < 1.29 is 13.6 Å². The fourth-order valence-electron chi connectivity index (χ4n) is 2.15. The molecule has 112 valence electrons. The zero-order valence-corrected chi connectivity index (χ0v) is 12.5. The van der Waals surface area contributed by atoms with Gasteiger partial charge in [0.05, 0.1) is 10.2 Å². The number of halogens is 2. The maximum Gasteiger partial charge on any atom is 0.257 e. The van der Waals surface area contributed by atoms with E-state index < -0.39 is 17.5 Å². The lowest BCUT2D eigenvalue weighted by Gasteiger charge is -2.02. The van der Waals surface area contributed by atoms with Crippen molar-refractivity contribution in [2.75, 3.05) is 5.32 Å². The van der Waals surface area contributed by atoms with E-state index in [1.54, 1.807) is 0 Å². The van der Waals surface area contributed by atoms with Gasteiger partial charge in [0.1, 0.15) is 0 Å². The van der Waals surface area contributed by atoms with E-state index in [4.69, 9.17) is 0 Å². The fraction of sp³-hybridized carbons (Fsp3) is 0.125. The lowest BCUT2D eigenvalue weighted by Crippen LogP contribution is -2.12. The van der Waals surface area contributed by atoms with Crippen LogP contribution >= 0.6 is 11.3 Å². The first-order chi connectivity index (χ1) is 10.6. The highest BCUT2D eigenvalue weighted by Crippen LogP contribution is 2.28. The predicted molar refractivity (Wildman–Crippen MR) is 83.3 cm³/mol. The van der Waals surface area contributed by atoms with E-state index in [1.807, 2.05) is 25.1 Å². The largest absolute Gasteiger partial charge is 0.298 e. The van der Waals surface area contributed by atoms with Crippen LogP contribution in [0, 0.1) is 11.6 Å². The van der Waals surface area contributed by atoms with Crippen molar-refractivity contribution in [1.29, 1.82) is 0 Å². The second-order valence-corrected chi connectivity index (χ2v) is 5.75. The Morgan fingerprint density at radius 1 is 1.23 bits per heavy atom. The molecule has 0 atom stereocenters. The minimum absolute atomic E-state index is 0.0499. The van der Waals surface area contributed by atoms with Gasteiger partial charge in [-0.3, -0.25) is 10.1 Å². The third kappa shape index (κ3) is 2.69. The molecule has 3 nitrogen and oxygen atoms in total.